The average Bonchev–Trinajstić information content (AvgIpc) is 2.64. The minimum atomic E-state index is -0.251. The maximum atomic E-state index is 11.3. The Balaban J connectivity index is 3.06. The number of amides is 1. The highest BCUT2D eigenvalue weighted by molar-refractivity contribution is 5.66. The molecule has 0 heterocycles. The molecule has 0 saturated carbocycles. The topological polar surface area (TPSA) is 38.3 Å². The van der Waals surface area contributed by atoms with Gasteiger partial charge in [0, 0.05) is 6.54 Å². The van der Waals surface area contributed by atoms with Crippen LogP contribution in [0.3, 0.4) is 0 Å². The van der Waals surface area contributed by atoms with E-state index in [4.69, 9.17) is 4.74 Å². The van der Waals surface area contributed by atoms with Crippen LogP contribution in [0.2, 0.25) is 0 Å². The molecule has 0 aromatic heterocycles. The molecule has 3 heteroatoms. The zero-order valence-electron chi connectivity index (χ0n) is 18.0. The molecule has 0 aromatic rings. The Morgan fingerprint density at radius 3 is 1.38 bits per heavy atom. The van der Waals surface area contributed by atoms with Gasteiger partial charge >= 0.3 is 6.09 Å². The van der Waals surface area contributed by atoms with Gasteiger partial charge in [-0.25, -0.2) is 4.79 Å². The molecule has 0 saturated heterocycles. The summed E-state index contributed by atoms with van der Waals surface area (Å²) in [4.78, 5) is 11.3. The summed E-state index contributed by atoms with van der Waals surface area (Å²) < 4.78 is 5.06. The molecule has 0 aliphatic carbocycles. The van der Waals surface area contributed by atoms with Gasteiger partial charge in [-0.15, -0.1) is 0 Å². The van der Waals surface area contributed by atoms with Crippen LogP contribution >= 0.6 is 0 Å². The average molecular weight is 370 g/mol. The Labute approximate surface area is 164 Å². The molecule has 0 atom stereocenters. The smallest absolute Gasteiger partial charge is 0.407 e. The molecule has 1 amide bonds. The molecular formula is C23H47NO2. The number of carbonyl (C=O) groups excluding carboxylic acids is 1. The minimum absolute atomic E-state index is 0.251. The third-order valence-corrected chi connectivity index (χ3v) is 5.03. The van der Waals surface area contributed by atoms with E-state index in [0.29, 0.717) is 6.61 Å². The Bertz CT molecular complexity index is 281. The van der Waals surface area contributed by atoms with E-state index in [1.165, 1.54) is 96.3 Å². The van der Waals surface area contributed by atoms with Crippen LogP contribution in [0.25, 0.3) is 0 Å². The van der Waals surface area contributed by atoms with E-state index in [1.807, 2.05) is 0 Å². The monoisotopic (exact) mass is 369 g/mol. The Morgan fingerprint density at radius 2 is 0.962 bits per heavy atom. The minimum Gasteiger partial charge on any atom is -0.450 e. The zero-order valence-corrected chi connectivity index (χ0v) is 18.0. The summed E-state index contributed by atoms with van der Waals surface area (Å²) in [7, 11) is 0. The highest BCUT2D eigenvalue weighted by Gasteiger charge is 2.00. The second-order valence-electron chi connectivity index (χ2n) is 7.72. The summed E-state index contributed by atoms with van der Waals surface area (Å²) in [5.74, 6) is 0. The normalized spacial score (nSPS) is 10.8. The summed E-state index contributed by atoms with van der Waals surface area (Å²) in [5, 5.41) is 2.83. The van der Waals surface area contributed by atoms with Crippen LogP contribution in [0, 0.1) is 0 Å². The van der Waals surface area contributed by atoms with Gasteiger partial charge in [0.25, 0.3) is 0 Å². The molecule has 0 radical (unpaired) electrons. The van der Waals surface area contributed by atoms with Crippen molar-refractivity contribution in [3.05, 3.63) is 0 Å². The van der Waals surface area contributed by atoms with Crippen molar-refractivity contribution in [2.24, 2.45) is 0 Å². The van der Waals surface area contributed by atoms with Crippen molar-refractivity contribution in [2.45, 2.75) is 129 Å². The van der Waals surface area contributed by atoms with Crippen LogP contribution < -0.4 is 5.32 Å². The van der Waals surface area contributed by atoms with Crippen molar-refractivity contribution in [3.8, 4) is 0 Å². The molecule has 0 aliphatic heterocycles. The standard InChI is InChI=1S/C23H47NO2/c1-3-5-7-8-9-10-11-12-13-14-15-16-17-18-19-20-21-24-23(25)26-22-6-4-2/h3-22H2,1-2H3,(H,24,25). The van der Waals surface area contributed by atoms with E-state index in [0.717, 1.165) is 25.8 Å². The largest absolute Gasteiger partial charge is 0.450 e. The van der Waals surface area contributed by atoms with Gasteiger partial charge < -0.3 is 10.1 Å². The molecule has 1 N–H and O–H groups in total. The number of hydrogen-bond donors (Lipinski definition) is 1. The van der Waals surface area contributed by atoms with Crippen LogP contribution in [0.15, 0.2) is 0 Å². The molecule has 0 fully saturated rings. The maximum Gasteiger partial charge on any atom is 0.407 e. The van der Waals surface area contributed by atoms with E-state index in [-0.39, 0.29) is 6.09 Å². The second kappa shape index (κ2) is 22.3. The number of ether oxygens (including phenoxy) is 1. The van der Waals surface area contributed by atoms with Crippen molar-refractivity contribution >= 4 is 6.09 Å². The van der Waals surface area contributed by atoms with Gasteiger partial charge in [-0.3, -0.25) is 0 Å². The molecule has 156 valence electrons. The summed E-state index contributed by atoms with van der Waals surface area (Å²) in [6, 6.07) is 0. The van der Waals surface area contributed by atoms with E-state index < -0.39 is 0 Å². The fourth-order valence-corrected chi connectivity index (χ4v) is 3.22. The summed E-state index contributed by atoms with van der Waals surface area (Å²) in [6.07, 6.45) is 23.8. The molecular weight excluding hydrogens is 322 g/mol. The Hall–Kier alpha value is -0.730. The molecule has 0 aromatic carbocycles. The first kappa shape index (κ1) is 25.3. The van der Waals surface area contributed by atoms with Gasteiger partial charge in [0.05, 0.1) is 6.61 Å². The third kappa shape index (κ3) is 21.3. The summed E-state index contributed by atoms with van der Waals surface area (Å²) >= 11 is 0. The van der Waals surface area contributed by atoms with E-state index in [1.54, 1.807) is 0 Å². The molecule has 3 nitrogen and oxygen atoms in total. The SMILES string of the molecule is CCCCCCCCCCCCCCCCCCNC(=O)OCCCC. The third-order valence-electron chi connectivity index (χ3n) is 5.03. The van der Waals surface area contributed by atoms with E-state index >= 15 is 0 Å². The number of alkyl carbamates (subject to hydrolysis) is 1. The lowest BCUT2D eigenvalue weighted by Crippen LogP contribution is -2.25. The van der Waals surface area contributed by atoms with Crippen LogP contribution in [-0.2, 0) is 4.74 Å². The fourth-order valence-electron chi connectivity index (χ4n) is 3.22. The number of carbonyl (C=O) groups is 1. The molecule has 0 aliphatic rings. The van der Waals surface area contributed by atoms with Gasteiger partial charge in [-0.2, -0.15) is 0 Å². The van der Waals surface area contributed by atoms with Gasteiger partial charge in [0.2, 0.25) is 0 Å². The fraction of sp³-hybridized carbons (Fsp3) is 0.957. The van der Waals surface area contributed by atoms with Crippen LogP contribution in [-0.4, -0.2) is 19.2 Å². The highest BCUT2D eigenvalue weighted by atomic mass is 16.5. The van der Waals surface area contributed by atoms with Crippen molar-refractivity contribution < 1.29 is 9.53 Å². The highest BCUT2D eigenvalue weighted by Crippen LogP contribution is 2.13. The van der Waals surface area contributed by atoms with Gasteiger partial charge in [0.15, 0.2) is 0 Å². The van der Waals surface area contributed by atoms with Gasteiger partial charge in [0.1, 0.15) is 0 Å². The number of rotatable bonds is 20. The molecule has 0 rings (SSSR count). The van der Waals surface area contributed by atoms with Crippen molar-refractivity contribution in [3.63, 3.8) is 0 Å². The molecule has 26 heavy (non-hydrogen) atoms. The first-order chi connectivity index (χ1) is 12.8. The Kier molecular flexibility index (Phi) is 21.7. The van der Waals surface area contributed by atoms with Crippen molar-refractivity contribution in [1.82, 2.24) is 5.32 Å². The van der Waals surface area contributed by atoms with Crippen molar-refractivity contribution in [1.29, 1.82) is 0 Å². The molecule has 0 spiro atoms. The molecule has 0 bridgehead atoms. The maximum absolute atomic E-state index is 11.3. The number of nitrogens with one attached hydrogen (secondary N) is 1. The second-order valence-corrected chi connectivity index (χ2v) is 7.72. The summed E-state index contributed by atoms with van der Waals surface area (Å²) in [5.41, 5.74) is 0. The molecule has 0 unspecified atom stereocenters. The lowest BCUT2D eigenvalue weighted by molar-refractivity contribution is 0.144. The van der Waals surface area contributed by atoms with Gasteiger partial charge in [-0.05, 0) is 12.8 Å². The van der Waals surface area contributed by atoms with Crippen LogP contribution in [0.1, 0.15) is 129 Å². The lowest BCUT2D eigenvalue weighted by Gasteiger charge is -2.06. The number of hydrogen-bond acceptors (Lipinski definition) is 2. The first-order valence-corrected chi connectivity index (χ1v) is 11.7. The van der Waals surface area contributed by atoms with E-state index in [2.05, 4.69) is 19.2 Å². The predicted molar refractivity (Wildman–Crippen MR) is 114 cm³/mol. The zero-order chi connectivity index (χ0) is 19.1. The van der Waals surface area contributed by atoms with Crippen molar-refractivity contribution in [2.75, 3.05) is 13.2 Å². The van der Waals surface area contributed by atoms with Crippen LogP contribution in [0.4, 0.5) is 4.79 Å². The van der Waals surface area contributed by atoms with E-state index in [9.17, 15) is 4.79 Å². The lowest BCUT2D eigenvalue weighted by atomic mass is 10.0. The summed E-state index contributed by atoms with van der Waals surface area (Å²) in [6.45, 7) is 5.67. The quantitative estimate of drug-likeness (QED) is 0.222. The van der Waals surface area contributed by atoms with Gasteiger partial charge in [-0.1, -0.05) is 117 Å². The first-order valence-electron chi connectivity index (χ1n) is 11.7. The number of unbranched alkanes of at least 4 members (excludes halogenated alkanes) is 16. The Morgan fingerprint density at radius 1 is 0.577 bits per heavy atom. The predicted octanol–water partition coefficient (Wildman–Crippen LogP) is 7.77. The van der Waals surface area contributed by atoms with Crippen LogP contribution in [0.5, 0.6) is 0 Å².